The van der Waals surface area contributed by atoms with Gasteiger partial charge in [0.15, 0.2) is 0 Å². The second kappa shape index (κ2) is 12.3. The van der Waals surface area contributed by atoms with E-state index in [1.165, 1.54) is 38.6 Å². The third-order valence-electron chi connectivity index (χ3n) is 4.80. The molecule has 1 heterocycles. The largest absolute Gasteiger partial charge is 0.383 e. The molecule has 0 bridgehead atoms. The van der Waals surface area contributed by atoms with Gasteiger partial charge in [-0.1, -0.05) is 19.3 Å². The molecule has 2 rings (SSSR count). The number of carbonyl (C=O) groups is 1. The first-order valence-electron chi connectivity index (χ1n) is 8.46. The molecule has 5 nitrogen and oxygen atoms in total. The number of ether oxygens (including phenoxy) is 1. The quantitative estimate of drug-likeness (QED) is 0.803. The molecule has 2 fully saturated rings. The number of halogens is 2. The van der Waals surface area contributed by atoms with E-state index in [0.717, 1.165) is 38.5 Å². The van der Waals surface area contributed by atoms with Crippen molar-refractivity contribution < 1.29 is 9.53 Å². The van der Waals surface area contributed by atoms with Crippen molar-refractivity contribution in [2.75, 3.05) is 46.4 Å². The standard InChI is InChI=1S/C16H31N3O2.2ClH/c1-21-13-15(17)16(20)19-9-5-8-18(10-11-19)12-14-6-3-2-4-7-14;;/h14-15H,2-13,17H2,1H3;2*1H. The smallest absolute Gasteiger partial charge is 0.241 e. The molecule has 0 radical (unpaired) electrons. The van der Waals surface area contributed by atoms with Gasteiger partial charge in [0.1, 0.15) is 6.04 Å². The van der Waals surface area contributed by atoms with Crippen molar-refractivity contribution in [3.63, 3.8) is 0 Å². The molecular formula is C16H33Cl2N3O2. The number of hydrogen-bond acceptors (Lipinski definition) is 4. The van der Waals surface area contributed by atoms with E-state index in [4.69, 9.17) is 10.5 Å². The molecule has 0 aromatic heterocycles. The normalized spacial score (nSPS) is 21.7. The predicted molar refractivity (Wildman–Crippen MR) is 98.6 cm³/mol. The van der Waals surface area contributed by atoms with Gasteiger partial charge in [0, 0.05) is 33.3 Å². The monoisotopic (exact) mass is 369 g/mol. The molecule has 1 atom stereocenters. The Morgan fingerprint density at radius 3 is 2.43 bits per heavy atom. The van der Waals surface area contributed by atoms with Crippen LogP contribution in [0.2, 0.25) is 0 Å². The van der Waals surface area contributed by atoms with Crippen molar-refractivity contribution in [2.24, 2.45) is 11.7 Å². The fourth-order valence-electron chi connectivity index (χ4n) is 3.59. The second-order valence-corrected chi connectivity index (χ2v) is 6.55. The van der Waals surface area contributed by atoms with Crippen molar-refractivity contribution in [2.45, 2.75) is 44.6 Å². The number of rotatable bonds is 5. The maximum Gasteiger partial charge on any atom is 0.241 e. The van der Waals surface area contributed by atoms with Crippen LogP contribution in [0.1, 0.15) is 38.5 Å². The molecule has 0 aromatic carbocycles. The Kier molecular flexibility index (Phi) is 12.3. The summed E-state index contributed by atoms with van der Waals surface area (Å²) in [5.41, 5.74) is 5.86. The van der Waals surface area contributed by atoms with Gasteiger partial charge >= 0.3 is 0 Å². The number of methoxy groups -OCH3 is 1. The summed E-state index contributed by atoms with van der Waals surface area (Å²) in [6.07, 6.45) is 8.04. The van der Waals surface area contributed by atoms with Gasteiger partial charge in [-0.2, -0.15) is 0 Å². The Balaban J connectivity index is 0.00000242. The molecule has 1 amide bonds. The molecular weight excluding hydrogens is 337 g/mol. The lowest BCUT2D eigenvalue weighted by atomic mass is 9.89. The van der Waals surface area contributed by atoms with E-state index in [0.29, 0.717) is 6.61 Å². The highest BCUT2D eigenvalue weighted by molar-refractivity contribution is 5.85. The van der Waals surface area contributed by atoms with Gasteiger partial charge in [0.25, 0.3) is 0 Å². The first-order chi connectivity index (χ1) is 10.2. The van der Waals surface area contributed by atoms with Crippen LogP contribution >= 0.6 is 24.8 Å². The van der Waals surface area contributed by atoms with Gasteiger partial charge < -0.3 is 20.3 Å². The van der Waals surface area contributed by atoms with E-state index in [1.54, 1.807) is 7.11 Å². The van der Waals surface area contributed by atoms with Gasteiger partial charge in [0.05, 0.1) is 6.61 Å². The Labute approximate surface area is 153 Å². The highest BCUT2D eigenvalue weighted by atomic mass is 35.5. The molecule has 2 N–H and O–H groups in total. The summed E-state index contributed by atoms with van der Waals surface area (Å²) in [7, 11) is 1.58. The van der Waals surface area contributed by atoms with Gasteiger partial charge in [-0.05, 0) is 31.7 Å². The van der Waals surface area contributed by atoms with Gasteiger partial charge in [-0.3, -0.25) is 4.79 Å². The van der Waals surface area contributed by atoms with Gasteiger partial charge in [-0.25, -0.2) is 0 Å². The third kappa shape index (κ3) is 7.57. The minimum Gasteiger partial charge on any atom is -0.383 e. The molecule has 1 unspecified atom stereocenters. The van der Waals surface area contributed by atoms with E-state index in [2.05, 4.69) is 4.90 Å². The molecule has 1 saturated heterocycles. The van der Waals surface area contributed by atoms with Crippen LogP contribution in [0.25, 0.3) is 0 Å². The van der Waals surface area contributed by atoms with E-state index in [9.17, 15) is 4.79 Å². The third-order valence-corrected chi connectivity index (χ3v) is 4.80. The minimum atomic E-state index is -0.514. The molecule has 0 aromatic rings. The zero-order valence-corrected chi connectivity index (χ0v) is 15.9. The lowest BCUT2D eigenvalue weighted by molar-refractivity contribution is -0.133. The fraction of sp³-hybridized carbons (Fsp3) is 0.938. The van der Waals surface area contributed by atoms with Crippen LogP contribution in [0.4, 0.5) is 0 Å². The summed E-state index contributed by atoms with van der Waals surface area (Å²) in [4.78, 5) is 16.7. The highest BCUT2D eigenvalue weighted by Crippen LogP contribution is 2.24. The minimum absolute atomic E-state index is 0. The summed E-state index contributed by atoms with van der Waals surface area (Å²) >= 11 is 0. The summed E-state index contributed by atoms with van der Waals surface area (Å²) in [5, 5.41) is 0. The molecule has 1 aliphatic heterocycles. The highest BCUT2D eigenvalue weighted by Gasteiger charge is 2.25. The van der Waals surface area contributed by atoms with Crippen molar-refractivity contribution in [1.29, 1.82) is 0 Å². The lowest BCUT2D eigenvalue weighted by Crippen LogP contribution is -2.47. The topological polar surface area (TPSA) is 58.8 Å². The summed E-state index contributed by atoms with van der Waals surface area (Å²) in [6.45, 7) is 5.26. The maximum atomic E-state index is 12.2. The van der Waals surface area contributed by atoms with E-state index in [-0.39, 0.29) is 30.7 Å². The van der Waals surface area contributed by atoms with Crippen molar-refractivity contribution in [3.8, 4) is 0 Å². The van der Waals surface area contributed by atoms with Gasteiger partial charge in [-0.15, -0.1) is 24.8 Å². The van der Waals surface area contributed by atoms with E-state index in [1.807, 2.05) is 4.90 Å². The van der Waals surface area contributed by atoms with Crippen LogP contribution in [0.5, 0.6) is 0 Å². The van der Waals surface area contributed by atoms with Crippen molar-refractivity contribution in [1.82, 2.24) is 9.80 Å². The zero-order valence-electron chi connectivity index (χ0n) is 14.2. The van der Waals surface area contributed by atoms with Crippen LogP contribution in [-0.2, 0) is 9.53 Å². The molecule has 1 saturated carbocycles. The number of nitrogens with zero attached hydrogens (tertiary/aromatic N) is 2. The number of hydrogen-bond donors (Lipinski definition) is 1. The predicted octanol–water partition coefficient (Wildman–Crippen LogP) is 1.92. The zero-order chi connectivity index (χ0) is 15.1. The van der Waals surface area contributed by atoms with Crippen LogP contribution in [0, 0.1) is 5.92 Å². The van der Waals surface area contributed by atoms with Crippen molar-refractivity contribution >= 4 is 30.7 Å². The lowest BCUT2D eigenvalue weighted by Gasteiger charge is -2.29. The summed E-state index contributed by atoms with van der Waals surface area (Å²) < 4.78 is 4.99. The molecule has 7 heteroatoms. The summed E-state index contributed by atoms with van der Waals surface area (Å²) in [5.74, 6) is 0.910. The van der Waals surface area contributed by atoms with Crippen LogP contribution in [0.3, 0.4) is 0 Å². The summed E-state index contributed by atoms with van der Waals surface area (Å²) in [6, 6.07) is -0.514. The van der Waals surface area contributed by atoms with E-state index >= 15 is 0 Å². The second-order valence-electron chi connectivity index (χ2n) is 6.55. The Morgan fingerprint density at radius 1 is 1.09 bits per heavy atom. The SMILES string of the molecule is COCC(N)C(=O)N1CCCN(CC2CCCCC2)CC1.Cl.Cl. The van der Waals surface area contributed by atoms with Crippen LogP contribution < -0.4 is 5.73 Å². The van der Waals surface area contributed by atoms with Crippen LogP contribution in [-0.4, -0.2) is 68.2 Å². The average Bonchev–Trinajstić information content (AvgIpc) is 2.73. The molecule has 2 aliphatic rings. The molecule has 138 valence electrons. The first-order valence-corrected chi connectivity index (χ1v) is 8.46. The van der Waals surface area contributed by atoms with Crippen LogP contribution in [0.15, 0.2) is 0 Å². The Bertz CT molecular complexity index is 328. The molecule has 0 spiro atoms. The maximum absolute atomic E-state index is 12.2. The fourth-order valence-corrected chi connectivity index (χ4v) is 3.59. The first kappa shape index (κ1) is 22.9. The average molecular weight is 370 g/mol. The Morgan fingerprint density at radius 2 is 1.78 bits per heavy atom. The van der Waals surface area contributed by atoms with E-state index < -0.39 is 6.04 Å². The number of nitrogens with two attached hydrogens (primary N) is 1. The van der Waals surface area contributed by atoms with Crippen molar-refractivity contribution in [3.05, 3.63) is 0 Å². The molecule has 23 heavy (non-hydrogen) atoms. The number of carbonyl (C=O) groups excluding carboxylic acids is 1. The number of amides is 1. The molecule has 1 aliphatic carbocycles. The Hall–Kier alpha value is -0.0700. The van der Waals surface area contributed by atoms with Gasteiger partial charge in [0.2, 0.25) is 5.91 Å².